The van der Waals surface area contributed by atoms with Crippen LogP contribution in [0.4, 0.5) is 52.7 Å². The number of benzene rings is 6. The molecule has 4 aliphatic carbocycles. The van der Waals surface area contributed by atoms with Gasteiger partial charge in [0.1, 0.15) is 70.7 Å². The number of nitrogens with zero attached hydrogens (tertiary/aromatic N) is 6. The van der Waals surface area contributed by atoms with Crippen molar-refractivity contribution in [3.05, 3.63) is 281 Å². The summed E-state index contributed by atoms with van der Waals surface area (Å²) in [5.41, 5.74) is 12.3. The average Bonchev–Trinajstić information content (AvgIpc) is 1.58. The first-order valence-corrected chi connectivity index (χ1v) is 51.1. The van der Waals surface area contributed by atoms with Crippen LogP contribution in [0.25, 0.3) is 0 Å². The molecule has 24 nitrogen and oxygen atoms in total. The molecule has 16 aliphatic rings. The molecule has 784 valence electrons. The first kappa shape index (κ1) is 106. The molecule has 12 heterocycles. The number of fused-ring (bicyclic) bond motifs is 6. The topological polar surface area (TPSA) is 296 Å². The van der Waals surface area contributed by atoms with Gasteiger partial charge < -0.3 is 61.3 Å². The summed E-state index contributed by atoms with van der Waals surface area (Å²) < 4.78 is 163. The predicted octanol–water partition coefficient (Wildman–Crippen LogP) is 20.1. The van der Waals surface area contributed by atoms with Crippen molar-refractivity contribution in [2.24, 2.45) is 0 Å². The van der Waals surface area contributed by atoms with E-state index in [-0.39, 0.29) is 123 Å². The van der Waals surface area contributed by atoms with Crippen LogP contribution in [0, 0.1) is 41.8 Å². The zero-order valence-corrected chi connectivity index (χ0v) is 83.1. The van der Waals surface area contributed by atoms with E-state index in [9.17, 15) is 110 Å². The Hall–Kier alpha value is -13.4. The first-order valence-electron chi connectivity index (χ1n) is 51.1. The average molecular weight is 2050 g/mol. The van der Waals surface area contributed by atoms with Gasteiger partial charge in [-0.3, -0.25) is 57.5 Å². The van der Waals surface area contributed by atoms with Crippen molar-refractivity contribution in [1.29, 1.82) is 0 Å². The molecule has 0 spiro atoms. The van der Waals surface area contributed by atoms with E-state index in [0.29, 0.717) is 195 Å². The number of carbonyl (C=O) groups excluding carboxylic acids is 12. The van der Waals surface area contributed by atoms with Gasteiger partial charge in [-0.15, -0.1) is 0 Å². The van der Waals surface area contributed by atoms with Crippen LogP contribution in [-0.4, -0.2) is 148 Å². The molecule has 6 aromatic rings. The van der Waals surface area contributed by atoms with Crippen molar-refractivity contribution in [3.8, 4) is 0 Å². The highest BCUT2D eigenvalue weighted by Gasteiger charge is 2.54. The van der Waals surface area contributed by atoms with Crippen molar-refractivity contribution >= 4 is 70.9 Å². The first-order chi connectivity index (χ1) is 70.2. The lowest BCUT2D eigenvalue weighted by Crippen LogP contribution is -2.60. The minimum absolute atomic E-state index is 0.108. The van der Waals surface area contributed by atoms with E-state index < -0.39 is 95.2 Å². The highest BCUT2D eigenvalue weighted by atomic mass is 19.4. The molecule has 0 bridgehead atoms. The number of hydrogen-bond donors (Lipinski definition) is 6. The van der Waals surface area contributed by atoms with E-state index in [0.717, 1.165) is 173 Å². The van der Waals surface area contributed by atoms with Crippen LogP contribution >= 0.6 is 0 Å². The summed E-state index contributed by atoms with van der Waals surface area (Å²) in [5.74, 6) is -9.31. The Balaban J connectivity index is 0.000000121. The van der Waals surface area contributed by atoms with Crippen LogP contribution < -0.4 is 31.9 Å². The fourth-order valence-electron chi connectivity index (χ4n) is 24.4. The van der Waals surface area contributed by atoms with Crippen molar-refractivity contribution in [2.75, 3.05) is 0 Å². The van der Waals surface area contributed by atoms with Crippen LogP contribution in [0.3, 0.4) is 0 Å². The van der Waals surface area contributed by atoms with Crippen LogP contribution in [0.15, 0.2) is 140 Å². The fourth-order valence-corrected chi connectivity index (χ4v) is 24.4. The number of amides is 12. The number of halogens is 12. The van der Waals surface area contributed by atoms with Crippen LogP contribution in [0.2, 0.25) is 0 Å². The summed E-state index contributed by atoms with van der Waals surface area (Å²) in [6, 6.07) is 10.6. The molecular formula is C112H120F12N12O12. The van der Waals surface area contributed by atoms with Gasteiger partial charge in [-0.1, -0.05) is 91.3 Å². The van der Waals surface area contributed by atoms with E-state index in [1.165, 1.54) is 34.1 Å². The monoisotopic (exact) mass is 2050 g/mol. The van der Waals surface area contributed by atoms with Crippen LogP contribution in [-0.2, 0) is 68.0 Å². The number of piperidine rings is 6. The SMILES string of the molecule is C=C1CCC(CC)(N2Cc3c(cc(F)cc3C3CCCC3)C2=O)C(=O)N1.C=C1CCC(N2Cc3c(cc(F)c(C)c3C3CCCC3)C2=O)C(=O)N1.C=C1CCC(N2Cc3c(cc(F)cc3C3CCC3)C2=O)C(=O)N1.C=C1CCC(N2Cc3c(cc(F)cc3[C@@H](C)C(F)(F)F)C2=O)C(=O)N1.C=C1CCC(N2Cc3c(cc(F)cc3[C@H](C)C(F)(F)F)C2=O)C(=O)N1.C=C1CCC(N2Cc3c(ccc(F)c3C3CCCC3)C2=O)C(=O)N1. The number of alkyl halides is 6. The molecule has 36 heteroatoms. The Morgan fingerprint density at radius 1 is 0.331 bits per heavy atom. The van der Waals surface area contributed by atoms with Crippen molar-refractivity contribution < 1.29 is 110 Å². The number of allylic oxidation sites excluding steroid dienone is 6. The number of rotatable bonds is 13. The minimum Gasteiger partial charge on any atom is -0.329 e. The van der Waals surface area contributed by atoms with Gasteiger partial charge in [0.15, 0.2) is 0 Å². The third-order valence-corrected chi connectivity index (χ3v) is 32.8. The van der Waals surface area contributed by atoms with Crippen molar-refractivity contribution in [1.82, 2.24) is 61.3 Å². The summed E-state index contributed by atoms with van der Waals surface area (Å²) in [4.78, 5) is 159. The van der Waals surface area contributed by atoms with Gasteiger partial charge in [0, 0.05) is 107 Å². The Labute approximate surface area is 849 Å². The third-order valence-electron chi connectivity index (χ3n) is 32.8. The molecule has 10 fully saturated rings. The van der Waals surface area contributed by atoms with Gasteiger partial charge in [0.05, 0.1) is 11.8 Å². The predicted molar refractivity (Wildman–Crippen MR) is 523 cm³/mol. The molecule has 12 amide bonds. The van der Waals surface area contributed by atoms with E-state index in [1.807, 2.05) is 13.8 Å². The van der Waals surface area contributed by atoms with E-state index in [1.54, 1.807) is 37.8 Å². The van der Waals surface area contributed by atoms with Crippen LogP contribution in [0.5, 0.6) is 0 Å². The second kappa shape index (κ2) is 42.3. The molecule has 22 rings (SSSR count). The molecule has 148 heavy (non-hydrogen) atoms. The second-order valence-electron chi connectivity index (χ2n) is 41.8. The second-order valence-corrected chi connectivity index (χ2v) is 41.8. The molecule has 6 aromatic carbocycles. The van der Waals surface area contributed by atoms with Crippen molar-refractivity contribution in [2.45, 2.75) is 330 Å². The Morgan fingerprint density at radius 3 is 0.973 bits per heavy atom. The summed E-state index contributed by atoms with van der Waals surface area (Å²) in [6.07, 6.45) is 14.2. The van der Waals surface area contributed by atoms with Gasteiger partial charge in [0.25, 0.3) is 35.4 Å². The molecule has 8 atom stereocenters. The molecule has 6 N–H and O–H groups in total. The summed E-state index contributed by atoms with van der Waals surface area (Å²) in [7, 11) is 0. The van der Waals surface area contributed by atoms with Gasteiger partial charge in [-0.25, -0.2) is 26.3 Å². The third kappa shape index (κ3) is 20.7. The zero-order chi connectivity index (χ0) is 106. The van der Waals surface area contributed by atoms with E-state index >= 15 is 0 Å². The summed E-state index contributed by atoms with van der Waals surface area (Å²) in [6.45, 7) is 29.3. The lowest BCUT2D eigenvalue weighted by Gasteiger charge is -2.43. The molecule has 6 saturated heterocycles. The molecule has 4 saturated carbocycles. The molecule has 6 unspecified atom stereocenters. The number of nitrogens with one attached hydrogen (secondary N) is 6. The summed E-state index contributed by atoms with van der Waals surface area (Å²) >= 11 is 0. The number of carbonyl (C=O) groups is 12. The molecular weight excluding hydrogens is 1930 g/mol. The van der Waals surface area contributed by atoms with Crippen LogP contribution in [0.1, 0.15) is 371 Å². The maximum absolute atomic E-state index is 14.5. The normalized spacial score (nSPS) is 23.9. The Kier molecular flexibility index (Phi) is 30.3. The largest absolute Gasteiger partial charge is 0.395 e. The molecule has 0 radical (unpaired) electrons. The van der Waals surface area contributed by atoms with E-state index in [4.69, 9.17) is 0 Å². The van der Waals surface area contributed by atoms with E-state index in [2.05, 4.69) is 71.4 Å². The number of hydrogen-bond acceptors (Lipinski definition) is 12. The maximum Gasteiger partial charge on any atom is 0.395 e. The highest BCUT2D eigenvalue weighted by molar-refractivity contribution is 6.07. The lowest BCUT2D eigenvalue weighted by molar-refractivity contribution is -0.147. The van der Waals surface area contributed by atoms with Gasteiger partial charge in [0.2, 0.25) is 35.4 Å². The minimum atomic E-state index is -4.56. The maximum atomic E-state index is 14.5. The lowest BCUT2D eigenvalue weighted by atomic mass is 9.77. The van der Waals surface area contributed by atoms with Crippen molar-refractivity contribution in [3.63, 3.8) is 0 Å². The quantitative estimate of drug-likeness (QED) is 0.0588. The zero-order valence-electron chi connectivity index (χ0n) is 83.1. The molecule has 12 aliphatic heterocycles. The van der Waals surface area contributed by atoms with Gasteiger partial charge in [-0.05, 0) is 318 Å². The smallest absolute Gasteiger partial charge is 0.329 e. The molecule has 0 aromatic heterocycles. The summed E-state index contributed by atoms with van der Waals surface area (Å²) in [5, 5.41) is 16.1. The highest BCUT2D eigenvalue weighted by Crippen LogP contribution is 2.51. The Morgan fingerprint density at radius 2 is 0.628 bits per heavy atom. The standard InChI is InChI=1S/C21H25FN2O2.C20H23FN2O2.C19H21FN2O2.C18H19FN2O2.2C17H16F4N2O2/c1-3-21(9-8-13(2)23-20(21)26)24-12-18-16(14-6-4-5-7-14)10-15(22)11-17(18)19(24)25;1-11-7-8-17(19(24)22-11)23-10-15-14(20(23)25)9-16(21)12(2)18(15)13-5-3-4-6-13;1-11-6-9-16(18(23)21-11)22-10-14-13(19(22)24)7-8-15(20)17(14)12-4-2-3-5-12;1-10-5-6-16(17(22)20-10)21-9-15-13(11-3-2-4-11)7-12(19)8-14(15)18(21)23;2*1-8-3-4-14(15(24)22-8)23-7-13-11(9(2)17(19,20)21)5-10(18)6-12(13)16(23)25/h10-11,14H,2-9,12H2,1H3,(H,23,26);9,13,17H,1,3-8,10H2,2H3,(H,22,24);7-8,12,16H,1-6,9-10H2,(H,21,23);7-8,11,16H,1-6,9H2,(H,20,22);2*5-6,9,14H,1,3-4,7H2,2H3,(H,22,24)/t;;;;2*9-,14?/m....10/s1. The van der Waals surface area contributed by atoms with Gasteiger partial charge >= 0.3 is 12.4 Å². The Bertz CT molecular complexity index is 6460. The fraction of sp³-hybridized carbons (Fsp3) is 0.464. The van der Waals surface area contributed by atoms with Gasteiger partial charge in [-0.2, -0.15) is 26.3 Å².